The molecule has 19 heavy (non-hydrogen) atoms. The lowest BCUT2D eigenvalue weighted by Crippen LogP contribution is -2.14. The lowest BCUT2D eigenvalue weighted by molar-refractivity contribution is 0.150. The lowest BCUT2D eigenvalue weighted by atomic mass is 9.91. The highest BCUT2D eigenvalue weighted by Gasteiger charge is 2.41. The van der Waals surface area contributed by atoms with Gasteiger partial charge in [0.05, 0.1) is 19.8 Å². The molecule has 0 unspecified atom stereocenters. The van der Waals surface area contributed by atoms with E-state index in [4.69, 9.17) is 21.1 Å². The molecule has 1 aliphatic rings. The fourth-order valence-corrected chi connectivity index (χ4v) is 2.74. The Hall–Kier alpha value is -0.930. The Kier molecular flexibility index (Phi) is 3.98. The molecule has 0 bridgehead atoms. The molecule has 1 aromatic rings. The van der Waals surface area contributed by atoms with Gasteiger partial charge < -0.3 is 14.6 Å². The second kappa shape index (κ2) is 5.22. The molecule has 1 saturated carbocycles. The number of halogens is 1. The van der Waals surface area contributed by atoms with Crippen molar-refractivity contribution in [3.05, 3.63) is 22.2 Å². The monoisotopic (exact) mass is 284 g/mol. The fourth-order valence-electron chi connectivity index (χ4n) is 2.47. The van der Waals surface area contributed by atoms with Gasteiger partial charge in [-0.1, -0.05) is 25.4 Å². The Morgan fingerprint density at radius 1 is 1.32 bits per heavy atom. The molecule has 0 atom stereocenters. The highest BCUT2D eigenvalue weighted by atomic mass is 35.5. The molecule has 1 fully saturated rings. The summed E-state index contributed by atoms with van der Waals surface area (Å²) < 4.78 is 10.8. The first kappa shape index (κ1) is 14.5. The van der Waals surface area contributed by atoms with E-state index < -0.39 is 5.60 Å². The quantitative estimate of drug-likeness (QED) is 0.899. The van der Waals surface area contributed by atoms with E-state index in [1.807, 2.05) is 0 Å². The Morgan fingerprint density at radius 3 is 2.37 bits per heavy atom. The van der Waals surface area contributed by atoms with Crippen LogP contribution in [0.5, 0.6) is 11.5 Å². The summed E-state index contributed by atoms with van der Waals surface area (Å²) in [4.78, 5) is 0. The molecule has 0 heterocycles. The zero-order chi connectivity index (χ0) is 14.2. The molecule has 0 spiro atoms. The predicted molar refractivity (Wildman–Crippen MR) is 76.5 cm³/mol. The van der Waals surface area contributed by atoms with Crippen molar-refractivity contribution in [2.45, 2.75) is 44.6 Å². The molecular formula is C15H21ClO3. The SMILES string of the molecule is COc1cc(Cl)c(CC2(O)CC2)c(C(C)C)c1OC. The molecule has 1 N–H and O–H groups in total. The minimum absolute atomic E-state index is 0.250. The van der Waals surface area contributed by atoms with E-state index >= 15 is 0 Å². The molecule has 3 nitrogen and oxygen atoms in total. The lowest BCUT2D eigenvalue weighted by Gasteiger charge is -2.22. The van der Waals surface area contributed by atoms with Crippen LogP contribution in [0.2, 0.25) is 5.02 Å². The average molecular weight is 285 g/mol. The van der Waals surface area contributed by atoms with E-state index in [2.05, 4.69) is 13.8 Å². The molecule has 2 rings (SSSR count). The van der Waals surface area contributed by atoms with Crippen LogP contribution in [-0.2, 0) is 6.42 Å². The summed E-state index contributed by atoms with van der Waals surface area (Å²) in [6, 6.07) is 1.77. The first-order valence-corrected chi connectivity index (χ1v) is 6.95. The first-order chi connectivity index (χ1) is 8.91. The second-order valence-corrected chi connectivity index (χ2v) is 5.95. The molecule has 0 saturated heterocycles. The molecule has 1 aliphatic carbocycles. The second-order valence-electron chi connectivity index (χ2n) is 5.54. The van der Waals surface area contributed by atoms with Crippen molar-refractivity contribution in [3.63, 3.8) is 0 Å². The third kappa shape index (κ3) is 2.82. The number of rotatable bonds is 5. The van der Waals surface area contributed by atoms with Crippen LogP contribution in [0.4, 0.5) is 0 Å². The number of benzene rings is 1. The van der Waals surface area contributed by atoms with Crippen molar-refractivity contribution in [2.24, 2.45) is 0 Å². The largest absolute Gasteiger partial charge is 0.493 e. The maximum absolute atomic E-state index is 10.2. The summed E-state index contributed by atoms with van der Waals surface area (Å²) in [5.41, 5.74) is 1.44. The molecule has 106 valence electrons. The maximum Gasteiger partial charge on any atom is 0.164 e. The molecule has 0 aliphatic heterocycles. The smallest absolute Gasteiger partial charge is 0.164 e. The van der Waals surface area contributed by atoms with Crippen LogP contribution in [0.1, 0.15) is 43.7 Å². The van der Waals surface area contributed by atoms with Crippen LogP contribution in [0.15, 0.2) is 6.07 Å². The van der Waals surface area contributed by atoms with Gasteiger partial charge in [-0.15, -0.1) is 0 Å². The average Bonchev–Trinajstić information content (AvgIpc) is 3.08. The van der Waals surface area contributed by atoms with Crippen molar-refractivity contribution in [1.29, 1.82) is 0 Å². The topological polar surface area (TPSA) is 38.7 Å². The van der Waals surface area contributed by atoms with Gasteiger partial charge in [-0.05, 0) is 24.3 Å². The van der Waals surface area contributed by atoms with Crippen LogP contribution >= 0.6 is 11.6 Å². The Bertz CT molecular complexity index is 479. The van der Waals surface area contributed by atoms with E-state index in [1.54, 1.807) is 20.3 Å². The third-order valence-electron chi connectivity index (χ3n) is 3.67. The van der Waals surface area contributed by atoms with Crippen LogP contribution in [0.3, 0.4) is 0 Å². The highest BCUT2D eigenvalue weighted by molar-refractivity contribution is 6.31. The van der Waals surface area contributed by atoms with Gasteiger partial charge >= 0.3 is 0 Å². The number of hydrogen-bond donors (Lipinski definition) is 1. The number of hydrogen-bond acceptors (Lipinski definition) is 3. The molecule has 0 amide bonds. The summed E-state index contributed by atoms with van der Waals surface area (Å²) in [6.07, 6.45) is 2.27. The van der Waals surface area contributed by atoms with E-state index in [9.17, 15) is 5.11 Å². The van der Waals surface area contributed by atoms with Crippen molar-refractivity contribution in [3.8, 4) is 11.5 Å². The highest BCUT2D eigenvalue weighted by Crippen LogP contribution is 2.46. The summed E-state index contributed by atoms with van der Waals surface area (Å²) >= 11 is 6.37. The Labute approximate surface area is 119 Å². The van der Waals surface area contributed by atoms with Gasteiger partial charge in [-0.25, -0.2) is 0 Å². The van der Waals surface area contributed by atoms with Gasteiger partial charge in [0.25, 0.3) is 0 Å². The number of aliphatic hydroxyl groups is 1. The van der Waals surface area contributed by atoms with Crippen LogP contribution in [-0.4, -0.2) is 24.9 Å². The minimum Gasteiger partial charge on any atom is -0.493 e. The first-order valence-electron chi connectivity index (χ1n) is 6.57. The summed E-state index contributed by atoms with van der Waals surface area (Å²) in [5.74, 6) is 1.61. The molecule has 1 aromatic carbocycles. The van der Waals surface area contributed by atoms with Gasteiger partial charge in [0, 0.05) is 23.1 Å². The summed E-state index contributed by atoms with van der Waals surface area (Å²) in [7, 11) is 3.24. The molecule has 0 radical (unpaired) electrons. The third-order valence-corrected chi connectivity index (χ3v) is 4.01. The van der Waals surface area contributed by atoms with Crippen LogP contribution < -0.4 is 9.47 Å². The fraction of sp³-hybridized carbons (Fsp3) is 0.600. The van der Waals surface area contributed by atoms with Gasteiger partial charge in [0.15, 0.2) is 11.5 Å². The van der Waals surface area contributed by atoms with E-state index in [0.29, 0.717) is 17.2 Å². The van der Waals surface area contributed by atoms with Gasteiger partial charge in [-0.2, -0.15) is 0 Å². The van der Waals surface area contributed by atoms with Crippen molar-refractivity contribution in [1.82, 2.24) is 0 Å². The van der Waals surface area contributed by atoms with Crippen molar-refractivity contribution < 1.29 is 14.6 Å². The van der Waals surface area contributed by atoms with E-state index in [0.717, 1.165) is 29.7 Å². The van der Waals surface area contributed by atoms with Crippen LogP contribution in [0.25, 0.3) is 0 Å². The van der Waals surface area contributed by atoms with E-state index in [1.165, 1.54) is 0 Å². The standard InChI is InChI=1S/C15H21ClO3/c1-9(2)13-10(8-15(17)5-6-15)11(16)7-12(18-3)14(13)19-4/h7,9,17H,5-6,8H2,1-4H3. The number of ether oxygens (including phenoxy) is 2. The molecular weight excluding hydrogens is 264 g/mol. The van der Waals surface area contributed by atoms with Gasteiger partial charge in [0.1, 0.15) is 0 Å². The Morgan fingerprint density at radius 2 is 1.95 bits per heavy atom. The zero-order valence-corrected chi connectivity index (χ0v) is 12.7. The summed E-state index contributed by atoms with van der Waals surface area (Å²) in [6.45, 7) is 4.18. The van der Waals surface area contributed by atoms with Crippen molar-refractivity contribution >= 4 is 11.6 Å². The Balaban J connectivity index is 2.56. The van der Waals surface area contributed by atoms with Gasteiger partial charge in [0.2, 0.25) is 0 Å². The zero-order valence-electron chi connectivity index (χ0n) is 11.9. The normalized spacial score (nSPS) is 16.6. The van der Waals surface area contributed by atoms with E-state index in [-0.39, 0.29) is 5.92 Å². The van der Waals surface area contributed by atoms with Crippen LogP contribution in [0, 0.1) is 0 Å². The summed E-state index contributed by atoms with van der Waals surface area (Å²) in [5, 5.41) is 10.8. The molecule has 0 aromatic heterocycles. The van der Waals surface area contributed by atoms with Crippen molar-refractivity contribution in [2.75, 3.05) is 14.2 Å². The maximum atomic E-state index is 10.2. The van der Waals surface area contributed by atoms with Gasteiger partial charge in [-0.3, -0.25) is 0 Å². The number of methoxy groups -OCH3 is 2. The predicted octanol–water partition coefficient (Wildman–Crippen LogP) is 3.55. The molecule has 4 heteroatoms. The minimum atomic E-state index is -0.577.